The average molecular weight is 423 g/mol. The third kappa shape index (κ3) is 4.67. The van der Waals surface area contributed by atoms with Crippen LogP contribution in [0.5, 0.6) is 5.75 Å². The Morgan fingerprint density at radius 2 is 2.04 bits per heavy atom. The number of benzene rings is 1. The van der Waals surface area contributed by atoms with Gasteiger partial charge in [0, 0.05) is 29.8 Å². The molecule has 1 aliphatic carbocycles. The second-order valence-electron chi connectivity index (χ2n) is 8.24. The topological polar surface area (TPSA) is 52.8 Å². The molecule has 0 bridgehead atoms. The van der Waals surface area contributed by atoms with Gasteiger partial charge in [0.25, 0.3) is 5.91 Å². The normalized spacial score (nSPS) is 20.1. The molecule has 0 spiro atoms. The van der Waals surface area contributed by atoms with Crippen molar-refractivity contribution in [3.63, 3.8) is 0 Å². The molecule has 152 valence electrons. The summed E-state index contributed by atoms with van der Waals surface area (Å²) in [6.07, 6.45) is 4.56. The van der Waals surface area contributed by atoms with E-state index in [4.69, 9.17) is 21.1 Å². The first kappa shape index (κ1) is 21.1. The lowest BCUT2D eigenvalue weighted by Crippen LogP contribution is -2.35. The number of hydrogen-bond donors (Lipinski definition) is 0. The van der Waals surface area contributed by atoms with Gasteiger partial charge >= 0.3 is 0 Å². The molecule has 3 rings (SSSR count). The molecule has 0 aliphatic heterocycles. The van der Waals surface area contributed by atoms with E-state index in [9.17, 15) is 4.79 Å². The van der Waals surface area contributed by atoms with Gasteiger partial charge in [0.15, 0.2) is 4.80 Å². The number of carbonyl (C=O) groups excluding carboxylic acids is 1. The summed E-state index contributed by atoms with van der Waals surface area (Å²) in [6, 6.07) is 4.99. The van der Waals surface area contributed by atoms with Gasteiger partial charge in [-0.2, -0.15) is 4.99 Å². The lowest BCUT2D eigenvalue weighted by atomic mass is 9.82. The van der Waals surface area contributed by atoms with Crippen molar-refractivity contribution >= 4 is 28.8 Å². The summed E-state index contributed by atoms with van der Waals surface area (Å²) in [5.74, 6) is 0.667. The molecule has 7 heteroatoms. The second kappa shape index (κ2) is 8.39. The molecule has 1 fully saturated rings. The van der Waals surface area contributed by atoms with E-state index in [1.165, 1.54) is 12.0 Å². The zero-order valence-electron chi connectivity index (χ0n) is 17.0. The van der Waals surface area contributed by atoms with Crippen molar-refractivity contribution < 1.29 is 14.3 Å². The standard InChI is InChI=1S/C21H27ClN2O3S/c1-21(2,3)18-12-24(11-13-8-15(9-13)26-4)20(28-18)23-19(25)16-10-14(22)6-7-17(16)27-5/h6-7,10,12-13,15H,8-9,11H2,1-5H3/b23-20-. The fraction of sp³-hybridized carbons (Fsp3) is 0.524. The van der Waals surface area contributed by atoms with Crippen molar-refractivity contribution in [2.45, 2.75) is 51.7 Å². The number of ether oxygens (including phenoxy) is 2. The monoisotopic (exact) mass is 422 g/mol. The van der Waals surface area contributed by atoms with E-state index >= 15 is 0 Å². The highest BCUT2D eigenvalue weighted by atomic mass is 35.5. The van der Waals surface area contributed by atoms with Crippen molar-refractivity contribution in [1.29, 1.82) is 0 Å². The molecule has 28 heavy (non-hydrogen) atoms. The molecule has 0 atom stereocenters. The van der Waals surface area contributed by atoms with Crippen LogP contribution < -0.4 is 9.54 Å². The number of nitrogens with zero attached hydrogens (tertiary/aromatic N) is 2. The Bertz CT molecular complexity index is 920. The van der Waals surface area contributed by atoms with Crippen LogP contribution in [-0.2, 0) is 16.7 Å². The summed E-state index contributed by atoms with van der Waals surface area (Å²) in [7, 11) is 3.29. The van der Waals surface area contributed by atoms with E-state index in [1.54, 1.807) is 36.6 Å². The number of aromatic nitrogens is 1. The lowest BCUT2D eigenvalue weighted by molar-refractivity contribution is -0.00463. The maximum absolute atomic E-state index is 12.9. The molecule has 0 saturated heterocycles. The highest BCUT2D eigenvalue weighted by Crippen LogP contribution is 2.32. The number of hydrogen-bond acceptors (Lipinski definition) is 4. The van der Waals surface area contributed by atoms with Gasteiger partial charge in [-0.15, -0.1) is 11.3 Å². The van der Waals surface area contributed by atoms with Crippen LogP contribution in [0.1, 0.15) is 48.8 Å². The van der Waals surface area contributed by atoms with Crippen LogP contribution in [0.25, 0.3) is 0 Å². The molecule has 1 heterocycles. The molecule has 5 nitrogen and oxygen atoms in total. The first-order valence-electron chi connectivity index (χ1n) is 9.37. The third-order valence-corrected chi connectivity index (χ3v) is 6.71. The van der Waals surface area contributed by atoms with E-state index < -0.39 is 0 Å². The molecule has 0 unspecified atom stereocenters. The number of carbonyl (C=O) groups is 1. The Kier molecular flexibility index (Phi) is 6.32. The van der Waals surface area contributed by atoms with Crippen LogP contribution in [0.3, 0.4) is 0 Å². The van der Waals surface area contributed by atoms with Crippen molar-refractivity contribution in [3.8, 4) is 5.75 Å². The SMILES string of the molecule is COc1ccc(Cl)cc1C(=O)/N=c1\sc(C(C)(C)C)cn1CC1CC(OC)C1. The van der Waals surface area contributed by atoms with E-state index in [2.05, 4.69) is 36.5 Å². The minimum atomic E-state index is -0.348. The second-order valence-corrected chi connectivity index (χ2v) is 9.68. The highest BCUT2D eigenvalue weighted by molar-refractivity contribution is 7.09. The largest absolute Gasteiger partial charge is 0.496 e. The van der Waals surface area contributed by atoms with Gasteiger partial charge in [-0.05, 0) is 42.4 Å². The van der Waals surface area contributed by atoms with Crippen LogP contribution >= 0.6 is 22.9 Å². The van der Waals surface area contributed by atoms with Gasteiger partial charge in [0.1, 0.15) is 5.75 Å². The minimum Gasteiger partial charge on any atom is -0.496 e. The Balaban J connectivity index is 1.96. The van der Waals surface area contributed by atoms with Gasteiger partial charge in [-0.25, -0.2) is 0 Å². The van der Waals surface area contributed by atoms with Crippen LogP contribution in [0.2, 0.25) is 5.02 Å². The molecule has 1 aromatic heterocycles. The number of amides is 1. The quantitative estimate of drug-likeness (QED) is 0.703. The molecule has 0 radical (unpaired) electrons. The van der Waals surface area contributed by atoms with E-state index in [-0.39, 0.29) is 11.3 Å². The Morgan fingerprint density at radius 3 is 2.64 bits per heavy atom. The van der Waals surface area contributed by atoms with E-state index in [1.807, 2.05) is 0 Å². The van der Waals surface area contributed by atoms with E-state index in [0.29, 0.717) is 33.2 Å². The Hall–Kier alpha value is -1.63. The minimum absolute atomic E-state index is 0.00828. The van der Waals surface area contributed by atoms with Crippen molar-refractivity contribution in [3.05, 3.63) is 44.7 Å². The average Bonchev–Trinajstić information content (AvgIpc) is 3.00. The predicted octanol–water partition coefficient (Wildman–Crippen LogP) is 4.68. The third-order valence-electron chi connectivity index (χ3n) is 5.03. The number of methoxy groups -OCH3 is 2. The molecular weight excluding hydrogens is 396 g/mol. The number of rotatable bonds is 5. The van der Waals surface area contributed by atoms with Crippen molar-refractivity contribution in [1.82, 2.24) is 4.57 Å². The fourth-order valence-corrected chi connectivity index (χ4v) is 4.46. The summed E-state index contributed by atoms with van der Waals surface area (Å²) in [5, 5.41) is 0.480. The highest BCUT2D eigenvalue weighted by Gasteiger charge is 2.30. The zero-order chi connectivity index (χ0) is 20.5. The lowest BCUT2D eigenvalue weighted by Gasteiger charge is -2.34. The molecule has 1 amide bonds. The van der Waals surface area contributed by atoms with Gasteiger partial charge in [0.05, 0.1) is 18.8 Å². The maximum atomic E-state index is 12.9. The zero-order valence-corrected chi connectivity index (χ0v) is 18.6. The fourth-order valence-electron chi connectivity index (χ4n) is 3.23. The molecule has 2 aromatic rings. The van der Waals surface area contributed by atoms with Gasteiger partial charge in [-0.3, -0.25) is 4.79 Å². The summed E-state index contributed by atoms with van der Waals surface area (Å²) in [6.45, 7) is 7.34. The van der Waals surface area contributed by atoms with Crippen LogP contribution in [0.4, 0.5) is 0 Å². The number of halogens is 1. The van der Waals surface area contributed by atoms with Gasteiger partial charge < -0.3 is 14.0 Å². The maximum Gasteiger partial charge on any atom is 0.283 e. The van der Waals surface area contributed by atoms with Crippen molar-refractivity contribution in [2.75, 3.05) is 14.2 Å². The predicted molar refractivity (Wildman–Crippen MR) is 112 cm³/mol. The van der Waals surface area contributed by atoms with Crippen molar-refractivity contribution in [2.24, 2.45) is 10.9 Å². The molecular formula is C21H27ClN2O3S. The van der Waals surface area contributed by atoms with Crippen LogP contribution in [0.15, 0.2) is 29.4 Å². The summed E-state index contributed by atoms with van der Waals surface area (Å²) in [5.41, 5.74) is 0.362. The Labute approximate surface area is 175 Å². The number of thiazole rings is 1. The molecule has 0 N–H and O–H groups in total. The molecule has 1 aromatic carbocycles. The summed E-state index contributed by atoms with van der Waals surface area (Å²) in [4.78, 5) is 19.2. The Morgan fingerprint density at radius 1 is 1.32 bits per heavy atom. The van der Waals surface area contributed by atoms with E-state index in [0.717, 1.165) is 19.4 Å². The first-order valence-corrected chi connectivity index (χ1v) is 10.6. The van der Waals surface area contributed by atoms with Crippen LogP contribution in [-0.4, -0.2) is 30.8 Å². The van der Waals surface area contributed by atoms with Gasteiger partial charge in [0.2, 0.25) is 0 Å². The van der Waals surface area contributed by atoms with Gasteiger partial charge in [-0.1, -0.05) is 32.4 Å². The first-order chi connectivity index (χ1) is 13.2. The summed E-state index contributed by atoms with van der Waals surface area (Å²) < 4.78 is 12.8. The van der Waals surface area contributed by atoms with Crippen LogP contribution in [0, 0.1) is 5.92 Å². The molecule has 1 aliphatic rings. The molecule has 1 saturated carbocycles. The summed E-state index contributed by atoms with van der Waals surface area (Å²) >= 11 is 7.64. The smallest absolute Gasteiger partial charge is 0.283 e.